The van der Waals surface area contributed by atoms with Crippen LogP contribution in [0.15, 0.2) is 0 Å². The topological polar surface area (TPSA) is 29.5 Å². The maximum absolute atomic E-state index is 11.3. The van der Waals surface area contributed by atoms with Gasteiger partial charge in [-0.3, -0.25) is 4.79 Å². The van der Waals surface area contributed by atoms with Crippen LogP contribution in [0, 0.1) is 0 Å². The smallest absolute Gasteiger partial charge is 0.251 e. The van der Waals surface area contributed by atoms with Gasteiger partial charge in [0.05, 0.1) is 0 Å². The number of likely N-dealkylation sites (N-methyl/N-ethyl adjacent to an activating group) is 1. The zero-order chi connectivity index (χ0) is 8.27. The Morgan fingerprint density at radius 1 is 1.73 bits per heavy atom. The summed E-state index contributed by atoms with van der Waals surface area (Å²) in [6.07, 6.45) is 1.78. The zero-order valence-electron chi connectivity index (χ0n) is 7.17. The van der Waals surface area contributed by atoms with Crippen molar-refractivity contribution in [2.45, 2.75) is 25.9 Å². The van der Waals surface area contributed by atoms with Gasteiger partial charge in [-0.2, -0.15) is 0 Å². The van der Waals surface area contributed by atoms with Crippen LogP contribution in [0.25, 0.3) is 0 Å². The third-order valence-electron chi connectivity index (χ3n) is 1.98. The molecule has 0 aromatic heterocycles. The fraction of sp³-hybridized carbons (Fsp3) is 0.875. The molecule has 64 valence electrons. The number of piperidine rings is 1. The van der Waals surface area contributed by atoms with E-state index in [1.165, 1.54) is 0 Å². The maximum Gasteiger partial charge on any atom is 0.251 e. The van der Waals surface area contributed by atoms with E-state index >= 15 is 0 Å². The van der Waals surface area contributed by atoms with E-state index in [2.05, 4.69) is 0 Å². The van der Waals surface area contributed by atoms with Gasteiger partial charge in [0.2, 0.25) is 0 Å². The summed E-state index contributed by atoms with van der Waals surface area (Å²) >= 11 is 0. The van der Waals surface area contributed by atoms with Crippen molar-refractivity contribution in [3.8, 4) is 0 Å². The van der Waals surface area contributed by atoms with E-state index in [1.54, 1.807) is 4.90 Å². The summed E-state index contributed by atoms with van der Waals surface area (Å²) in [5.41, 5.74) is 0. The van der Waals surface area contributed by atoms with Crippen molar-refractivity contribution in [1.29, 1.82) is 0 Å². The van der Waals surface area contributed by atoms with Crippen molar-refractivity contribution in [1.82, 2.24) is 4.90 Å². The molecule has 1 aliphatic rings. The fourth-order valence-electron chi connectivity index (χ4n) is 1.35. The molecule has 1 fully saturated rings. The summed E-state index contributed by atoms with van der Waals surface area (Å²) in [5, 5.41) is 0. The predicted octanol–water partition coefficient (Wildman–Crippen LogP) is 0.644. The first-order valence-electron chi connectivity index (χ1n) is 4.12. The van der Waals surface area contributed by atoms with E-state index in [0.29, 0.717) is 6.61 Å². The van der Waals surface area contributed by atoms with Crippen LogP contribution in [0.3, 0.4) is 0 Å². The fourth-order valence-corrected chi connectivity index (χ4v) is 1.35. The predicted molar refractivity (Wildman–Crippen MR) is 42.3 cm³/mol. The number of rotatable bonds is 2. The quantitative estimate of drug-likeness (QED) is 0.589. The second-order valence-electron chi connectivity index (χ2n) is 2.85. The number of ether oxygens (including phenoxy) is 1. The molecule has 1 unspecified atom stereocenters. The van der Waals surface area contributed by atoms with Crippen molar-refractivity contribution in [3.05, 3.63) is 0 Å². The molecule has 0 aromatic carbocycles. The highest BCUT2D eigenvalue weighted by Crippen LogP contribution is 2.12. The summed E-state index contributed by atoms with van der Waals surface area (Å²) in [7, 11) is 1.83. The molecule has 0 radical (unpaired) electrons. The maximum atomic E-state index is 11.3. The second kappa shape index (κ2) is 3.72. The Bertz CT molecular complexity index is 145. The molecule has 3 nitrogen and oxygen atoms in total. The van der Waals surface area contributed by atoms with Crippen molar-refractivity contribution < 1.29 is 9.53 Å². The van der Waals surface area contributed by atoms with Gasteiger partial charge in [0.15, 0.2) is 0 Å². The number of amides is 1. The highest BCUT2D eigenvalue weighted by atomic mass is 16.5. The first-order valence-corrected chi connectivity index (χ1v) is 4.12. The molecule has 0 spiro atoms. The minimum Gasteiger partial charge on any atom is -0.369 e. The van der Waals surface area contributed by atoms with Gasteiger partial charge in [0, 0.05) is 20.2 Å². The zero-order valence-corrected chi connectivity index (χ0v) is 7.17. The number of likely N-dealkylation sites (tertiary alicyclic amines) is 1. The Morgan fingerprint density at radius 2 is 2.45 bits per heavy atom. The summed E-state index contributed by atoms with van der Waals surface area (Å²) in [5.74, 6) is 0.137. The lowest BCUT2D eigenvalue weighted by Crippen LogP contribution is -2.42. The number of carbonyl (C=O) groups is 1. The molecule has 3 heteroatoms. The van der Waals surface area contributed by atoms with Gasteiger partial charge in [0.1, 0.15) is 6.10 Å². The lowest BCUT2D eigenvalue weighted by molar-refractivity contribution is -0.145. The molecule has 0 N–H and O–H groups in total. The molecule has 1 aliphatic heterocycles. The van der Waals surface area contributed by atoms with Crippen LogP contribution in [0.2, 0.25) is 0 Å². The molecule has 1 heterocycles. The molecule has 1 atom stereocenters. The Balaban J connectivity index is 2.44. The molecule has 1 amide bonds. The Morgan fingerprint density at radius 3 is 3.09 bits per heavy atom. The Kier molecular flexibility index (Phi) is 2.88. The first kappa shape index (κ1) is 8.53. The summed E-state index contributed by atoms with van der Waals surface area (Å²) in [4.78, 5) is 13.1. The summed E-state index contributed by atoms with van der Waals surface area (Å²) in [6, 6.07) is 0. The third kappa shape index (κ3) is 1.93. The van der Waals surface area contributed by atoms with Gasteiger partial charge in [-0.1, -0.05) is 0 Å². The van der Waals surface area contributed by atoms with E-state index in [1.807, 2.05) is 14.0 Å². The lowest BCUT2D eigenvalue weighted by atomic mass is 10.1. The summed E-state index contributed by atoms with van der Waals surface area (Å²) < 4.78 is 5.27. The molecular formula is C8H15NO2. The largest absolute Gasteiger partial charge is 0.369 e. The van der Waals surface area contributed by atoms with Crippen molar-refractivity contribution in [2.24, 2.45) is 0 Å². The minimum atomic E-state index is -0.168. The van der Waals surface area contributed by atoms with Crippen LogP contribution in [-0.4, -0.2) is 37.1 Å². The van der Waals surface area contributed by atoms with E-state index in [-0.39, 0.29) is 12.0 Å². The highest BCUT2D eigenvalue weighted by molar-refractivity contribution is 5.81. The van der Waals surface area contributed by atoms with Gasteiger partial charge in [-0.05, 0) is 19.8 Å². The van der Waals surface area contributed by atoms with Crippen LogP contribution in [0.4, 0.5) is 0 Å². The first-order chi connectivity index (χ1) is 5.25. The summed E-state index contributed by atoms with van der Waals surface area (Å²) in [6.45, 7) is 3.43. The van der Waals surface area contributed by atoms with Crippen molar-refractivity contribution >= 4 is 5.91 Å². The highest BCUT2D eigenvalue weighted by Gasteiger charge is 2.25. The van der Waals surface area contributed by atoms with Crippen molar-refractivity contribution in [3.63, 3.8) is 0 Å². The molecule has 1 rings (SSSR count). The van der Waals surface area contributed by atoms with Gasteiger partial charge in [0.25, 0.3) is 5.91 Å². The van der Waals surface area contributed by atoms with Gasteiger partial charge >= 0.3 is 0 Å². The second-order valence-corrected chi connectivity index (χ2v) is 2.85. The van der Waals surface area contributed by atoms with Gasteiger partial charge < -0.3 is 9.64 Å². The van der Waals surface area contributed by atoms with Crippen LogP contribution in [0.5, 0.6) is 0 Å². The van der Waals surface area contributed by atoms with Gasteiger partial charge in [-0.25, -0.2) is 0 Å². The molecule has 0 aromatic rings. The Labute approximate surface area is 67.3 Å². The van der Waals surface area contributed by atoms with Crippen LogP contribution in [0.1, 0.15) is 19.8 Å². The third-order valence-corrected chi connectivity index (χ3v) is 1.98. The average molecular weight is 157 g/mol. The molecule has 0 bridgehead atoms. The molecule has 0 aliphatic carbocycles. The van der Waals surface area contributed by atoms with Crippen LogP contribution < -0.4 is 0 Å². The normalized spacial score (nSPS) is 25.8. The standard InChI is InChI=1S/C8H15NO2/c1-3-11-7-5-4-6-9(2)8(7)10/h7H,3-6H2,1-2H3. The number of carbonyl (C=O) groups excluding carboxylic acids is 1. The number of hydrogen-bond donors (Lipinski definition) is 0. The number of nitrogens with zero attached hydrogens (tertiary/aromatic N) is 1. The molecule has 1 saturated heterocycles. The van der Waals surface area contributed by atoms with Crippen molar-refractivity contribution in [2.75, 3.05) is 20.2 Å². The number of hydrogen-bond acceptors (Lipinski definition) is 2. The van der Waals surface area contributed by atoms with E-state index < -0.39 is 0 Å². The van der Waals surface area contributed by atoms with Gasteiger partial charge in [-0.15, -0.1) is 0 Å². The van der Waals surface area contributed by atoms with Crippen LogP contribution in [-0.2, 0) is 9.53 Å². The molecular weight excluding hydrogens is 142 g/mol. The van der Waals surface area contributed by atoms with E-state index in [4.69, 9.17) is 4.74 Å². The molecule has 11 heavy (non-hydrogen) atoms. The van der Waals surface area contributed by atoms with E-state index in [0.717, 1.165) is 19.4 Å². The van der Waals surface area contributed by atoms with E-state index in [9.17, 15) is 4.79 Å². The minimum absolute atomic E-state index is 0.137. The molecule has 0 saturated carbocycles. The Hall–Kier alpha value is -0.570. The SMILES string of the molecule is CCOC1CCCN(C)C1=O. The monoisotopic (exact) mass is 157 g/mol. The average Bonchev–Trinajstić information content (AvgIpc) is 1.99. The van der Waals surface area contributed by atoms with Crippen LogP contribution >= 0.6 is 0 Å². The lowest BCUT2D eigenvalue weighted by Gasteiger charge is -2.28.